The Hall–Kier alpha value is -2.18. The van der Waals surface area contributed by atoms with Crippen LogP contribution in [0.15, 0.2) is 40.9 Å². The molecule has 0 fully saturated rings. The van der Waals surface area contributed by atoms with Gasteiger partial charge < -0.3 is 4.90 Å². The van der Waals surface area contributed by atoms with Crippen LogP contribution in [0.25, 0.3) is 10.2 Å². The average Bonchev–Trinajstić information content (AvgIpc) is 3.17. The normalized spacial score (nSPS) is 12.5. The number of fused-ring (bicyclic) bond motifs is 1. The van der Waals surface area contributed by atoms with Gasteiger partial charge in [0, 0.05) is 23.1 Å². The maximum Gasteiger partial charge on any atom is 0.416 e. The summed E-state index contributed by atoms with van der Waals surface area (Å²) in [7, 11) is 0. The van der Waals surface area contributed by atoms with Crippen molar-refractivity contribution in [2.24, 2.45) is 0 Å². The molecular formula is C22H20BrF6N3OS. The summed E-state index contributed by atoms with van der Waals surface area (Å²) in [5.74, 6) is -0.984. The van der Waals surface area contributed by atoms with Gasteiger partial charge in [0.1, 0.15) is 0 Å². The van der Waals surface area contributed by atoms with Gasteiger partial charge in [-0.15, -0.1) is 0 Å². The van der Waals surface area contributed by atoms with E-state index in [1.165, 1.54) is 0 Å². The monoisotopic (exact) mass is 567 g/mol. The molecule has 1 amide bonds. The second-order valence-electron chi connectivity index (χ2n) is 7.39. The third kappa shape index (κ3) is 6.08. The highest BCUT2D eigenvalue weighted by Crippen LogP contribution is 2.37. The first kappa shape index (κ1) is 26.4. The number of hydrogen-bond donors (Lipinski definition) is 0. The van der Waals surface area contributed by atoms with Crippen LogP contribution in [0.2, 0.25) is 0 Å². The molecule has 0 saturated heterocycles. The first-order valence-corrected chi connectivity index (χ1v) is 11.8. The maximum atomic E-state index is 13.4. The Morgan fingerprint density at radius 1 is 0.941 bits per heavy atom. The molecule has 1 aromatic heterocycles. The van der Waals surface area contributed by atoms with E-state index in [2.05, 4.69) is 20.9 Å². The number of halogens is 7. The molecule has 12 heteroatoms. The fourth-order valence-corrected chi connectivity index (χ4v) is 4.84. The molecule has 0 atom stereocenters. The Labute approximate surface area is 204 Å². The summed E-state index contributed by atoms with van der Waals surface area (Å²) in [4.78, 5) is 20.9. The van der Waals surface area contributed by atoms with Gasteiger partial charge in [-0.25, -0.2) is 4.98 Å². The lowest BCUT2D eigenvalue weighted by Gasteiger charge is -2.25. The Balaban J connectivity index is 2.10. The lowest BCUT2D eigenvalue weighted by Crippen LogP contribution is -2.39. The zero-order valence-electron chi connectivity index (χ0n) is 18.1. The predicted molar refractivity (Wildman–Crippen MR) is 123 cm³/mol. The lowest BCUT2D eigenvalue weighted by atomic mass is 10.0. The van der Waals surface area contributed by atoms with Crippen LogP contribution in [-0.2, 0) is 12.4 Å². The molecule has 184 valence electrons. The molecule has 0 saturated carbocycles. The van der Waals surface area contributed by atoms with Crippen molar-refractivity contribution in [3.8, 4) is 0 Å². The molecule has 0 aliphatic rings. The third-order valence-corrected chi connectivity index (χ3v) is 6.72. The van der Waals surface area contributed by atoms with Gasteiger partial charge in [-0.3, -0.25) is 9.69 Å². The zero-order chi connectivity index (χ0) is 25.3. The SMILES string of the molecule is CCN(CC)CCN(C(=O)c1cc(C(F)(F)F)cc(C(F)(F)F)c1)c1nc2ccc(Br)cc2s1. The van der Waals surface area contributed by atoms with E-state index in [4.69, 9.17) is 0 Å². The number of carbonyl (C=O) groups is 1. The van der Waals surface area contributed by atoms with Crippen LogP contribution in [0.4, 0.5) is 31.5 Å². The highest BCUT2D eigenvalue weighted by atomic mass is 79.9. The number of nitrogens with zero attached hydrogens (tertiary/aromatic N) is 3. The standard InChI is InChI=1S/C22H20BrF6N3OS/c1-3-31(4-2)7-8-32(20-30-17-6-5-16(23)12-18(17)34-20)19(33)13-9-14(21(24,25)26)11-15(10-13)22(27,28)29/h5-6,9-12H,3-4,7-8H2,1-2H3. The molecule has 1 heterocycles. The number of carbonyl (C=O) groups excluding carboxylic acids is 1. The van der Waals surface area contributed by atoms with E-state index in [0.29, 0.717) is 42.0 Å². The van der Waals surface area contributed by atoms with Crippen LogP contribution < -0.4 is 4.90 Å². The first-order valence-electron chi connectivity index (χ1n) is 10.2. The first-order chi connectivity index (χ1) is 15.8. The summed E-state index contributed by atoms with van der Waals surface area (Å²) in [5, 5.41) is 0.191. The Morgan fingerprint density at radius 2 is 1.53 bits per heavy atom. The summed E-state index contributed by atoms with van der Waals surface area (Å²) in [5.41, 5.74) is -3.23. The van der Waals surface area contributed by atoms with E-state index < -0.39 is 35.0 Å². The van der Waals surface area contributed by atoms with Crippen molar-refractivity contribution in [2.75, 3.05) is 31.1 Å². The van der Waals surface area contributed by atoms with Crippen LogP contribution in [0, 0.1) is 0 Å². The van der Waals surface area contributed by atoms with Gasteiger partial charge in [0.2, 0.25) is 0 Å². The number of rotatable bonds is 7. The van der Waals surface area contributed by atoms with E-state index in [0.717, 1.165) is 20.7 Å². The van der Waals surface area contributed by atoms with Crippen LogP contribution in [0.5, 0.6) is 0 Å². The van der Waals surface area contributed by atoms with Gasteiger partial charge in [0.25, 0.3) is 5.91 Å². The summed E-state index contributed by atoms with van der Waals surface area (Å²) in [6.07, 6.45) is -10.1. The minimum Gasteiger partial charge on any atom is -0.302 e. The van der Waals surface area contributed by atoms with Crippen LogP contribution >= 0.6 is 27.3 Å². The van der Waals surface area contributed by atoms with E-state index >= 15 is 0 Å². The van der Waals surface area contributed by atoms with Crippen molar-refractivity contribution in [1.82, 2.24) is 9.88 Å². The number of anilines is 1. The molecule has 3 aromatic rings. The number of amides is 1. The molecule has 0 aliphatic carbocycles. The minimum atomic E-state index is -5.05. The molecule has 0 bridgehead atoms. The summed E-state index contributed by atoms with van der Waals surface area (Å²) in [6.45, 7) is 5.54. The Kier molecular flexibility index (Phi) is 7.93. The van der Waals surface area contributed by atoms with Crippen LogP contribution in [0.1, 0.15) is 35.3 Å². The maximum absolute atomic E-state index is 13.4. The van der Waals surface area contributed by atoms with E-state index in [1.54, 1.807) is 18.2 Å². The highest BCUT2D eigenvalue weighted by molar-refractivity contribution is 9.10. The smallest absolute Gasteiger partial charge is 0.302 e. The van der Waals surface area contributed by atoms with Gasteiger partial charge in [-0.2, -0.15) is 26.3 Å². The topological polar surface area (TPSA) is 36.4 Å². The second-order valence-corrected chi connectivity index (χ2v) is 9.31. The van der Waals surface area contributed by atoms with Crippen LogP contribution in [-0.4, -0.2) is 42.0 Å². The van der Waals surface area contributed by atoms with Gasteiger partial charge >= 0.3 is 12.4 Å². The van der Waals surface area contributed by atoms with Crippen LogP contribution in [0.3, 0.4) is 0 Å². The predicted octanol–water partition coefficient (Wildman–Crippen LogP) is 7.09. The number of hydrogen-bond acceptors (Lipinski definition) is 4. The van der Waals surface area contributed by atoms with Crippen molar-refractivity contribution >= 4 is 48.5 Å². The third-order valence-electron chi connectivity index (χ3n) is 5.18. The summed E-state index contributed by atoms with van der Waals surface area (Å²) >= 11 is 4.47. The Morgan fingerprint density at radius 3 is 2.06 bits per heavy atom. The minimum absolute atomic E-state index is 0.00619. The zero-order valence-corrected chi connectivity index (χ0v) is 20.5. The molecule has 0 unspecified atom stereocenters. The quantitative estimate of drug-likeness (QED) is 0.286. The van der Waals surface area contributed by atoms with Crippen molar-refractivity contribution in [3.05, 3.63) is 57.6 Å². The van der Waals surface area contributed by atoms with Gasteiger partial charge in [0.05, 0.1) is 21.3 Å². The van der Waals surface area contributed by atoms with Crippen molar-refractivity contribution in [1.29, 1.82) is 0 Å². The number of aromatic nitrogens is 1. The van der Waals surface area contributed by atoms with Crippen molar-refractivity contribution < 1.29 is 31.1 Å². The fraction of sp³-hybridized carbons (Fsp3) is 0.364. The van der Waals surface area contributed by atoms with Gasteiger partial charge in [-0.05, 0) is 49.5 Å². The number of likely N-dealkylation sites (N-methyl/N-ethyl adjacent to an activating group) is 1. The molecule has 0 spiro atoms. The second kappa shape index (κ2) is 10.2. The number of thiazole rings is 1. The highest BCUT2D eigenvalue weighted by Gasteiger charge is 2.38. The average molecular weight is 568 g/mol. The molecule has 34 heavy (non-hydrogen) atoms. The molecular weight excluding hydrogens is 548 g/mol. The largest absolute Gasteiger partial charge is 0.416 e. The van der Waals surface area contributed by atoms with Gasteiger partial charge in [-0.1, -0.05) is 41.1 Å². The summed E-state index contributed by atoms with van der Waals surface area (Å²) in [6, 6.07) is 6.13. The Bertz CT molecular complexity index is 1140. The molecule has 0 radical (unpaired) electrons. The molecule has 4 nitrogen and oxygen atoms in total. The molecule has 0 aliphatic heterocycles. The lowest BCUT2D eigenvalue weighted by molar-refractivity contribution is -0.143. The fourth-order valence-electron chi connectivity index (χ4n) is 3.30. The molecule has 0 N–H and O–H groups in total. The van der Waals surface area contributed by atoms with Crippen molar-refractivity contribution in [2.45, 2.75) is 26.2 Å². The van der Waals surface area contributed by atoms with Gasteiger partial charge in [0.15, 0.2) is 5.13 Å². The number of alkyl halides is 6. The molecule has 3 rings (SSSR count). The number of benzene rings is 2. The molecule has 2 aromatic carbocycles. The van der Waals surface area contributed by atoms with E-state index in [1.807, 2.05) is 18.7 Å². The summed E-state index contributed by atoms with van der Waals surface area (Å²) < 4.78 is 81.5. The van der Waals surface area contributed by atoms with E-state index in [9.17, 15) is 31.1 Å². The van der Waals surface area contributed by atoms with E-state index in [-0.39, 0.29) is 17.7 Å². The van der Waals surface area contributed by atoms with Crippen molar-refractivity contribution in [3.63, 3.8) is 0 Å².